The molecule has 2 nitrogen and oxygen atoms in total. The number of rotatable bonds is 4. The van der Waals surface area contributed by atoms with E-state index in [-0.39, 0.29) is 17.4 Å². The maximum atomic E-state index is 12.4. The lowest BCUT2D eigenvalue weighted by Crippen LogP contribution is -2.41. The summed E-state index contributed by atoms with van der Waals surface area (Å²) in [5.74, 6) is 0.0101. The Hall–Kier alpha value is -1.61. The first-order chi connectivity index (χ1) is 10.5. The number of nitrogens with one attached hydrogen (secondary N) is 1. The summed E-state index contributed by atoms with van der Waals surface area (Å²) in [6.45, 7) is 4.14. The molecule has 1 N–H and O–H groups in total. The molecule has 0 saturated heterocycles. The number of aryl methyl sites for hydroxylation is 1. The summed E-state index contributed by atoms with van der Waals surface area (Å²) in [5.41, 5.74) is 3.30. The van der Waals surface area contributed by atoms with Gasteiger partial charge >= 0.3 is 0 Å². The van der Waals surface area contributed by atoms with Gasteiger partial charge in [-0.05, 0) is 56.5 Å². The molecule has 1 unspecified atom stereocenters. The first-order valence-electron chi connectivity index (χ1n) is 7.65. The Morgan fingerprint density at radius 2 is 1.68 bits per heavy atom. The third kappa shape index (κ3) is 2.95. The normalized spacial score (nSPS) is 16.9. The lowest BCUT2D eigenvalue weighted by Gasteiger charge is -2.25. The third-order valence-corrected chi connectivity index (χ3v) is 5.23. The summed E-state index contributed by atoms with van der Waals surface area (Å²) in [5, 5.41) is 3.18. The zero-order valence-corrected chi connectivity index (χ0v) is 14.5. The number of hydrogen-bond donors (Lipinski definition) is 1. The average Bonchev–Trinajstić information content (AvgIpc) is 3.30. The molecule has 0 aromatic heterocycles. The van der Waals surface area contributed by atoms with E-state index in [1.165, 1.54) is 5.56 Å². The molecule has 22 heavy (non-hydrogen) atoms. The van der Waals surface area contributed by atoms with Crippen molar-refractivity contribution in [3.05, 3.63) is 69.7 Å². The van der Waals surface area contributed by atoms with Gasteiger partial charge in [0, 0.05) is 21.5 Å². The van der Waals surface area contributed by atoms with Crippen LogP contribution in [0.1, 0.15) is 41.3 Å². The van der Waals surface area contributed by atoms with Crippen molar-refractivity contribution in [3.8, 4) is 0 Å². The van der Waals surface area contributed by atoms with Gasteiger partial charge in [-0.2, -0.15) is 0 Å². The van der Waals surface area contributed by atoms with Crippen molar-refractivity contribution in [2.75, 3.05) is 0 Å². The average molecular weight is 358 g/mol. The SMILES string of the molecule is Cc1ccc(C(=O)NC(C)C2(c3ccc(Br)cc3)CC2)cc1. The van der Waals surface area contributed by atoms with Crippen LogP contribution in [0.25, 0.3) is 0 Å². The van der Waals surface area contributed by atoms with E-state index >= 15 is 0 Å². The van der Waals surface area contributed by atoms with Crippen molar-refractivity contribution in [1.29, 1.82) is 0 Å². The summed E-state index contributed by atoms with van der Waals surface area (Å²) >= 11 is 3.48. The second kappa shape index (κ2) is 5.88. The molecule has 114 valence electrons. The third-order valence-electron chi connectivity index (χ3n) is 4.70. The lowest BCUT2D eigenvalue weighted by molar-refractivity contribution is 0.0932. The van der Waals surface area contributed by atoms with Crippen molar-refractivity contribution in [1.82, 2.24) is 5.32 Å². The summed E-state index contributed by atoms with van der Waals surface area (Å²) in [4.78, 5) is 12.4. The number of carbonyl (C=O) groups is 1. The molecule has 2 aromatic carbocycles. The van der Waals surface area contributed by atoms with Crippen LogP contribution in [0.5, 0.6) is 0 Å². The molecular formula is C19H20BrNO. The fourth-order valence-corrected chi connectivity index (χ4v) is 3.28. The van der Waals surface area contributed by atoms with E-state index in [0.29, 0.717) is 0 Å². The predicted molar refractivity (Wildman–Crippen MR) is 93.2 cm³/mol. The quantitative estimate of drug-likeness (QED) is 0.850. The molecule has 1 amide bonds. The standard InChI is InChI=1S/C19H20BrNO/c1-13-3-5-15(6-4-13)18(22)21-14(2)19(11-12-19)16-7-9-17(20)10-8-16/h3-10,14H,11-12H2,1-2H3,(H,21,22). The smallest absolute Gasteiger partial charge is 0.251 e. The van der Waals surface area contributed by atoms with E-state index in [4.69, 9.17) is 0 Å². The van der Waals surface area contributed by atoms with E-state index in [2.05, 4.69) is 52.4 Å². The summed E-state index contributed by atoms with van der Waals surface area (Å²) in [6.07, 6.45) is 2.26. The molecule has 0 spiro atoms. The van der Waals surface area contributed by atoms with Crippen LogP contribution >= 0.6 is 15.9 Å². The zero-order valence-electron chi connectivity index (χ0n) is 12.9. The summed E-state index contributed by atoms with van der Waals surface area (Å²) < 4.78 is 1.09. The molecule has 1 fully saturated rings. The van der Waals surface area contributed by atoms with Crippen LogP contribution < -0.4 is 5.32 Å². The minimum atomic E-state index is 0.0101. The Morgan fingerprint density at radius 3 is 2.23 bits per heavy atom. The number of amides is 1. The first kappa shape index (κ1) is 15.3. The van der Waals surface area contributed by atoms with Crippen molar-refractivity contribution in [2.24, 2.45) is 0 Å². The first-order valence-corrected chi connectivity index (χ1v) is 8.44. The second-order valence-electron chi connectivity index (χ2n) is 6.22. The summed E-state index contributed by atoms with van der Waals surface area (Å²) in [6, 6.07) is 16.3. The zero-order chi connectivity index (χ0) is 15.7. The van der Waals surface area contributed by atoms with Crippen LogP contribution in [0.4, 0.5) is 0 Å². The highest BCUT2D eigenvalue weighted by atomic mass is 79.9. The maximum Gasteiger partial charge on any atom is 0.251 e. The van der Waals surface area contributed by atoms with Crippen molar-refractivity contribution >= 4 is 21.8 Å². The van der Waals surface area contributed by atoms with Crippen LogP contribution in [0.3, 0.4) is 0 Å². The summed E-state index contributed by atoms with van der Waals surface area (Å²) in [7, 11) is 0. The Bertz CT molecular complexity index is 672. The van der Waals surface area contributed by atoms with E-state index in [1.807, 2.05) is 31.2 Å². The van der Waals surface area contributed by atoms with Crippen molar-refractivity contribution < 1.29 is 4.79 Å². The molecule has 1 aliphatic carbocycles. The molecule has 2 aromatic rings. The van der Waals surface area contributed by atoms with Crippen LogP contribution in [0.2, 0.25) is 0 Å². The van der Waals surface area contributed by atoms with Gasteiger partial charge in [-0.1, -0.05) is 45.8 Å². The van der Waals surface area contributed by atoms with Gasteiger partial charge in [-0.3, -0.25) is 4.79 Å². The maximum absolute atomic E-state index is 12.4. The number of hydrogen-bond acceptors (Lipinski definition) is 1. The molecule has 1 aliphatic rings. The van der Waals surface area contributed by atoms with Crippen LogP contribution in [0, 0.1) is 6.92 Å². The van der Waals surface area contributed by atoms with Gasteiger partial charge in [0.25, 0.3) is 5.91 Å². The molecule has 3 heteroatoms. The number of carbonyl (C=O) groups excluding carboxylic acids is 1. The monoisotopic (exact) mass is 357 g/mol. The molecule has 0 bridgehead atoms. The van der Waals surface area contributed by atoms with Crippen LogP contribution in [-0.2, 0) is 5.41 Å². The number of benzene rings is 2. The molecule has 0 heterocycles. The van der Waals surface area contributed by atoms with E-state index in [1.54, 1.807) is 0 Å². The number of halogens is 1. The van der Waals surface area contributed by atoms with Crippen LogP contribution in [0.15, 0.2) is 53.0 Å². The van der Waals surface area contributed by atoms with Gasteiger partial charge in [-0.15, -0.1) is 0 Å². The fourth-order valence-electron chi connectivity index (χ4n) is 3.01. The van der Waals surface area contributed by atoms with Crippen molar-refractivity contribution in [3.63, 3.8) is 0 Å². The molecule has 3 rings (SSSR count). The molecule has 1 saturated carbocycles. The van der Waals surface area contributed by atoms with Crippen LogP contribution in [-0.4, -0.2) is 11.9 Å². The predicted octanol–water partition coefficient (Wildman–Crippen LogP) is 4.61. The Kier molecular flexibility index (Phi) is 4.09. The molecular weight excluding hydrogens is 338 g/mol. The van der Waals surface area contributed by atoms with Gasteiger partial charge in [0.15, 0.2) is 0 Å². The highest BCUT2D eigenvalue weighted by Gasteiger charge is 2.49. The minimum Gasteiger partial charge on any atom is -0.349 e. The lowest BCUT2D eigenvalue weighted by atomic mass is 9.89. The Balaban J connectivity index is 1.74. The van der Waals surface area contributed by atoms with Crippen molar-refractivity contribution in [2.45, 2.75) is 38.1 Å². The van der Waals surface area contributed by atoms with E-state index in [0.717, 1.165) is 28.4 Å². The van der Waals surface area contributed by atoms with Gasteiger partial charge in [-0.25, -0.2) is 0 Å². The topological polar surface area (TPSA) is 29.1 Å². The van der Waals surface area contributed by atoms with Gasteiger partial charge in [0.1, 0.15) is 0 Å². The van der Waals surface area contributed by atoms with E-state index < -0.39 is 0 Å². The van der Waals surface area contributed by atoms with Gasteiger partial charge < -0.3 is 5.32 Å². The van der Waals surface area contributed by atoms with Gasteiger partial charge in [0.2, 0.25) is 0 Å². The molecule has 0 aliphatic heterocycles. The Labute approximate surface area is 140 Å². The Morgan fingerprint density at radius 1 is 1.09 bits per heavy atom. The van der Waals surface area contributed by atoms with Gasteiger partial charge in [0.05, 0.1) is 0 Å². The largest absolute Gasteiger partial charge is 0.349 e. The highest BCUT2D eigenvalue weighted by molar-refractivity contribution is 9.10. The minimum absolute atomic E-state index is 0.0101. The highest BCUT2D eigenvalue weighted by Crippen LogP contribution is 2.51. The van der Waals surface area contributed by atoms with E-state index in [9.17, 15) is 4.79 Å². The molecule has 0 radical (unpaired) electrons. The molecule has 1 atom stereocenters. The second-order valence-corrected chi connectivity index (χ2v) is 7.14. The fraction of sp³-hybridized carbons (Fsp3) is 0.316.